The normalized spacial score (nSPS) is 15.8. The third-order valence-corrected chi connectivity index (χ3v) is 3.88. The number of hydrogen-bond acceptors (Lipinski definition) is 4. The number of aryl methyl sites for hydroxylation is 1. The van der Waals surface area contributed by atoms with Crippen molar-refractivity contribution in [3.8, 4) is 0 Å². The van der Waals surface area contributed by atoms with Crippen LogP contribution in [-0.2, 0) is 6.54 Å². The molecule has 2 aromatic rings. The summed E-state index contributed by atoms with van der Waals surface area (Å²) < 4.78 is 0. The van der Waals surface area contributed by atoms with Crippen molar-refractivity contribution >= 4 is 5.91 Å². The van der Waals surface area contributed by atoms with Crippen molar-refractivity contribution in [2.24, 2.45) is 0 Å². The Morgan fingerprint density at radius 2 is 1.91 bits per heavy atom. The lowest BCUT2D eigenvalue weighted by molar-refractivity contribution is 0.0621. The molecule has 0 spiro atoms. The van der Waals surface area contributed by atoms with Crippen molar-refractivity contribution in [1.29, 1.82) is 0 Å². The van der Waals surface area contributed by atoms with Crippen LogP contribution in [-0.4, -0.2) is 51.9 Å². The maximum absolute atomic E-state index is 12.4. The van der Waals surface area contributed by atoms with Gasteiger partial charge in [0.25, 0.3) is 5.91 Å². The van der Waals surface area contributed by atoms with Crippen molar-refractivity contribution in [1.82, 2.24) is 19.8 Å². The minimum absolute atomic E-state index is 0.0289. The van der Waals surface area contributed by atoms with Gasteiger partial charge < -0.3 is 4.90 Å². The van der Waals surface area contributed by atoms with E-state index < -0.39 is 0 Å². The first-order valence-corrected chi connectivity index (χ1v) is 7.57. The summed E-state index contributed by atoms with van der Waals surface area (Å²) in [5.74, 6) is 0.0289. The molecule has 3 heterocycles. The van der Waals surface area contributed by atoms with Crippen LogP contribution >= 0.6 is 0 Å². The number of amides is 1. The Balaban J connectivity index is 1.56. The molecule has 1 saturated heterocycles. The molecule has 1 fully saturated rings. The first-order chi connectivity index (χ1) is 10.7. The van der Waals surface area contributed by atoms with Gasteiger partial charge in [-0.3, -0.25) is 14.7 Å². The Kier molecular flexibility index (Phi) is 4.44. The number of rotatable bonds is 3. The average molecular weight is 296 g/mol. The zero-order valence-electron chi connectivity index (χ0n) is 12.8. The maximum Gasteiger partial charge on any atom is 0.272 e. The molecule has 3 rings (SSSR count). The molecule has 0 saturated carbocycles. The topological polar surface area (TPSA) is 49.3 Å². The van der Waals surface area contributed by atoms with Crippen LogP contribution in [0.5, 0.6) is 0 Å². The fourth-order valence-corrected chi connectivity index (χ4v) is 2.65. The number of carbonyl (C=O) groups is 1. The number of pyridine rings is 2. The van der Waals surface area contributed by atoms with E-state index in [-0.39, 0.29) is 5.91 Å². The van der Waals surface area contributed by atoms with Gasteiger partial charge in [0.2, 0.25) is 0 Å². The maximum atomic E-state index is 12.4. The minimum atomic E-state index is 0.0289. The molecule has 5 heteroatoms. The molecule has 0 aliphatic carbocycles. The SMILES string of the molecule is Cc1cccc(C(=O)N2CCN(Cc3ccccn3)CC2)n1. The Morgan fingerprint density at radius 1 is 1.09 bits per heavy atom. The molecule has 1 aliphatic heterocycles. The van der Waals surface area contributed by atoms with Gasteiger partial charge in [-0.2, -0.15) is 0 Å². The van der Waals surface area contributed by atoms with Crippen LogP contribution in [0.2, 0.25) is 0 Å². The molecular formula is C17H20N4O. The number of hydrogen-bond donors (Lipinski definition) is 0. The summed E-state index contributed by atoms with van der Waals surface area (Å²) in [7, 11) is 0. The van der Waals surface area contributed by atoms with Crippen molar-refractivity contribution < 1.29 is 4.79 Å². The standard InChI is InChI=1S/C17H20N4O/c1-14-5-4-7-16(19-14)17(22)21-11-9-20(10-12-21)13-15-6-2-3-8-18-15/h2-8H,9-13H2,1H3. The van der Waals surface area contributed by atoms with Crippen molar-refractivity contribution in [3.05, 3.63) is 59.7 Å². The Morgan fingerprint density at radius 3 is 2.59 bits per heavy atom. The van der Waals surface area contributed by atoms with Gasteiger partial charge in [-0.1, -0.05) is 12.1 Å². The summed E-state index contributed by atoms with van der Waals surface area (Å²) >= 11 is 0. The minimum Gasteiger partial charge on any atom is -0.335 e. The molecule has 1 aliphatic rings. The van der Waals surface area contributed by atoms with Crippen LogP contribution in [0, 0.1) is 6.92 Å². The van der Waals surface area contributed by atoms with Gasteiger partial charge in [-0.15, -0.1) is 0 Å². The Hall–Kier alpha value is -2.27. The average Bonchev–Trinajstić information content (AvgIpc) is 2.56. The zero-order chi connectivity index (χ0) is 15.4. The molecule has 2 aromatic heterocycles. The molecule has 0 N–H and O–H groups in total. The number of aromatic nitrogens is 2. The van der Waals surface area contributed by atoms with Gasteiger partial charge >= 0.3 is 0 Å². The van der Waals surface area contributed by atoms with Crippen LogP contribution in [0.3, 0.4) is 0 Å². The Labute approximate surface area is 130 Å². The van der Waals surface area contributed by atoms with Crippen LogP contribution < -0.4 is 0 Å². The second-order valence-corrected chi connectivity index (χ2v) is 5.55. The molecule has 1 amide bonds. The highest BCUT2D eigenvalue weighted by Crippen LogP contribution is 2.10. The molecule has 0 unspecified atom stereocenters. The van der Waals surface area contributed by atoms with Gasteiger partial charge in [0, 0.05) is 44.6 Å². The molecule has 5 nitrogen and oxygen atoms in total. The molecule has 0 aromatic carbocycles. The first kappa shape index (κ1) is 14.7. The smallest absolute Gasteiger partial charge is 0.272 e. The van der Waals surface area contributed by atoms with E-state index in [0.717, 1.165) is 44.1 Å². The molecule has 114 valence electrons. The number of piperazine rings is 1. The van der Waals surface area contributed by atoms with E-state index in [4.69, 9.17) is 0 Å². The summed E-state index contributed by atoms with van der Waals surface area (Å²) in [5.41, 5.74) is 2.49. The summed E-state index contributed by atoms with van der Waals surface area (Å²) in [6.07, 6.45) is 1.82. The van der Waals surface area contributed by atoms with Gasteiger partial charge in [0.15, 0.2) is 0 Å². The van der Waals surface area contributed by atoms with Gasteiger partial charge in [-0.05, 0) is 31.2 Å². The van der Waals surface area contributed by atoms with Crippen molar-refractivity contribution in [3.63, 3.8) is 0 Å². The monoisotopic (exact) mass is 296 g/mol. The third-order valence-electron chi connectivity index (χ3n) is 3.88. The first-order valence-electron chi connectivity index (χ1n) is 7.57. The van der Waals surface area contributed by atoms with Gasteiger partial charge in [0.1, 0.15) is 5.69 Å². The summed E-state index contributed by atoms with van der Waals surface area (Å²) in [4.78, 5) is 25.3. The van der Waals surface area contributed by atoms with Gasteiger partial charge in [0.05, 0.1) is 5.69 Å². The number of nitrogens with zero attached hydrogens (tertiary/aromatic N) is 4. The van der Waals surface area contributed by atoms with Crippen LogP contribution in [0.25, 0.3) is 0 Å². The highest BCUT2D eigenvalue weighted by molar-refractivity contribution is 5.92. The lowest BCUT2D eigenvalue weighted by Crippen LogP contribution is -2.48. The van der Waals surface area contributed by atoms with Crippen LogP contribution in [0.1, 0.15) is 21.9 Å². The lowest BCUT2D eigenvalue weighted by Gasteiger charge is -2.34. The Bertz CT molecular complexity index is 636. The van der Waals surface area contributed by atoms with Gasteiger partial charge in [-0.25, -0.2) is 4.98 Å². The highest BCUT2D eigenvalue weighted by Gasteiger charge is 2.23. The molecular weight excluding hydrogens is 276 g/mol. The summed E-state index contributed by atoms with van der Waals surface area (Å²) in [6, 6.07) is 11.5. The largest absolute Gasteiger partial charge is 0.335 e. The van der Waals surface area contributed by atoms with Crippen molar-refractivity contribution in [2.45, 2.75) is 13.5 Å². The van der Waals surface area contributed by atoms with E-state index in [2.05, 4.69) is 14.9 Å². The van der Waals surface area contributed by atoms with Crippen LogP contribution in [0.4, 0.5) is 0 Å². The van der Waals surface area contributed by atoms with Crippen molar-refractivity contribution in [2.75, 3.05) is 26.2 Å². The quantitative estimate of drug-likeness (QED) is 0.866. The fraction of sp³-hybridized carbons (Fsp3) is 0.353. The predicted octanol–water partition coefficient (Wildman–Crippen LogP) is 1.74. The van der Waals surface area contributed by atoms with E-state index >= 15 is 0 Å². The molecule has 0 atom stereocenters. The number of carbonyl (C=O) groups excluding carboxylic acids is 1. The zero-order valence-corrected chi connectivity index (χ0v) is 12.8. The van der Waals surface area contributed by atoms with E-state index in [0.29, 0.717) is 5.69 Å². The summed E-state index contributed by atoms with van der Waals surface area (Å²) in [5, 5.41) is 0. The van der Waals surface area contributed by atoms with E-state index in [1.165, 1.54) is 0 Å². The van der Waals surface area contributed by atoms with E-state index in [1.807, 2.05) is 48.4 Å². The third kappa shape index (κ3) is 3.49. The summed E-state index contributed by atoms with van der Waals surface area (Å²) in [6.45, 7) is 5.96. The highest BCUT2D eigenvalue weighted by atomic mass is 16.2. The predicted molar refractivity (Wildman–Crippen MR) is 84.4 cm³/mol. The lowest BCUT2D eigenvalue weighted by atomic mass is 10.2. The fourth-order valence-electron chi connectivity index (χ4n) is 2.65. The second kappa shape index (κ2) is 6.66. The molecule has 0 bridgehead atoms. The second-order valence-electron chi connectivity index (χ2n) is 5.55. The van der Waals surface area contributed by atoms with E-state index in [1.54, 1.807) is 6.07 Å². The van der Waals surface area contributed by atoms with E-state index in [9.17, 15) is 4.79 Å². The molecule has 22 heavy (non-hydrogen) atoms. The van der Waals surface area contributed by atoms with Crippen LogP contribution in [0.15, 0.2) is 42.6 Å². The molecule has 0 radical (unpaired) electrons.